The molecule has 1 rings (SSSR count). The zero-order valence-electron chi connectivity index (χ0n) is 13.2. The van der Waals surface area contributed by atoms with Crippen LogP contribution in [0.15, 0.2) is 9.59 Å². The molecule has 8 heteroatoms. The lowest BCUT2D eigenvalue weighted by molar-refractivity contribution is 0.494. The standard InChI is InChI=1S/C13H24N4O3S/c1-8(2)7-17-11(14)10(12(18)16(4)13(17)19)15-6-9(3)21(5)20/h8-9,15H,6-7,14H2,1-5H3. The summed E-state index contributed by atoms with van der Waals surface area (Å²) in [5, 5.41) is 2.81. The predicted octanol–water partition coefficient (Wildman–Crippen LogP) is -0.0359. The van der Waals surface area contributed by atoms with E-state index in [0.717, 1.165) is 4.57 Å². The molecule has 0 saturated heterocycles. The van der Waals surface area contributed by atoms with Crippen molar-refractivity contribution < 1.29 is 4.21 Å². The van der Waals surface area contributed by atoms with Crippen LogP contribution in [0.4, 0.5) is 11.5 Å². The van der Waals surface area contributed by atoms with Gasteiger partial charge in [-0.25, -0.2) is 4.79 Å². The van der Waals surface area contributed by atoms with Gasteiger partial charge in [0.1, 0.15) is 11.5 Å². The summed E-state index contributed by atoms with van der Waals surface area (Å²) in [7, 11) is 0.422. The summed E-state index contributed by atoms with van der Waals surface area (Å²) in [6.07, 6.45) is 1.60. The molecule has 7 nitrogen and oxygen atoms in total. The van der Waals surface area contributed by atoms with Crippen LogP contribution in [0, 0.1) is 5.92 Å². The van der Waals surface area contributed by atoms with Crippen LogP contribution in [0.5, 0.6) is 0 Å². The Labute approximate surface area is 126 Å². The van der Waals surface area contributed by atoms with E-state index in [1.54, 1.807) is 6.26 Å². The Hall–Kier alpha value is -1.57. The Balaban J connectivity index is 3.26. The van der Waals surface area contributed by atoms with E-state index in [1.165, 1.54) is 11.6 Å². The van der Waals surface area contributed by atoms with Crippen molar-refractivity contribution >= 4 is 22.3 Å². The molecule has 0 amide bonds. The van der Waals surface area contributed by atoms with E-state index in [2.05, 4.69) is 5.32 Å². The second kappa shape index (κ2) is 6.93. The molecule has 2 atom stereocenters. The van der Waals surface area contributed by atoms with Crippen molar-refractivity contribution in [2.45, 2.75) is 32.6 Å². The van der Waals surface area contributed by atoms with Gasteiger partial charge in [0.15, 0.2) is 0 Å². The third kappa shape index (κ3) is 3.96. The first-order valence-electron chi connectivity index (χ1n) is 6.82. The third-order valence-corrected chi connectivity index (χ3v) is 4.56. The highest BCUT2D eigenvalue weighted by atomic mass is 32.2. The molecule has 3 N–H and O–H groups in total. The van der Waals surface area contributed by atoms with Gasteiger partial charge in [0.2, 0.25) is 0 Å². The molecular formula is C13H24N4O3S. The maximum atomic E-state index is 12.2. The fourth-order valence-electron chi connectivity index (χ4n) is 1.85. The normalized spacial score (nSPS) is 14.2. The molecule has 1 aromatic rings. The predicted molar refractivity (Wildman–Crippen MR) is 87.2 cm³/mol. The Morgan fingerprint density at radius 2 is 1.86 bits per heavy atom. The Morgan fingerprint density at radius 1 is 1.29 bits per heavy atom. The highest BCUT2D eigenvalue weighted by Gasteiger charge is 2.17. The van der Waals surface area contributed by atoms with Crippen molar-refractivity contribution in [1.29, 1.82) is 0 Å². The van der Waals surface area contributed by atoms with Gasteiger partial charge in [-0.15, -0.1) is 0 Å². The maximum absolute atomic E-state index is 12.2. The SMILES string of the molecule is CC(C)Cn1c(N)c(NCC(C)S(C)=O)c(=O)n(C)c1=O. The average Bonchev–Trinajstić information content (AvgIpc) is 2.40. The number of rotatable bonds is 6. The van der Waals surface area contributed by atoms with Crippen LogP contribution in [0.25, 0.3) is 0 Å². The van der Waals surface area contributed by atoms with Gasteiger partial charge in [-0.3, -0.25) is 18.1 Å². The fraction of sp³-hybridized carbons (Fsp3) is 0.692. The molecule has 1 aromatic heterocycles. The van der Waals surface area contributed by atoms with Gasteiger partial charge in [-0.2, -0.15) is 0 Å². The molecular weight excluding hydrogens is 292 g/mol. The van der Waals surface area contributed by atoms with E-state index >= 15 is 0 Å². The number of hydrogen-bond acceptors (Lipinski definition) is 5. The maximum Gasteiger partial charge on any atom is 0.332 e. The smallest absolute Gasteiger partial charge is 0.332 e. The summed E-state index contributed by atoms with van der Waals surface area (Å²) in [4.78, 5) is 24.3. The van der Waals surface area contributed by atoms with Crippen LogP contribution in [0.1, 0.15) is 20.8 Å². The molecule has 0 bridgehead atoms. The van der Waals surface area contributed by atoms with Gasteiger partial charge in [-0.05, 0) is 12.8 Å². The molecule has 0 aliphatic carbocycles. The number of nitrogens with two attached hydrogens (primary N) is 1. The lowest BCUT2D eigenvalue weighted by Crippen LogP contribution is -2.42. The molecule has 21 heavy (non-hydrogen) atoms. The molecule has 0 radical (unpaired) electrons. The lowest BCUT2D eigenvalue weighted by Gasteiger charge is -2.18. The van der Waals surface area contributed by atoms with Crippen molar-refractivity contribution in [3.05, 3.63) is 20.8 Å². The quantitative estimate of drug-likeness (QED) is 0.767. The second-order valence-electron chi connectivity index (χ2n) is 5.60. The van der Waals surface area contributed by atoms with Crippen molar-refractivity contribution in [1.82, 2.24) is 9.13 Å². The zero-order chi connectivity index (χ0) is 16.3. The number of aromatic nitrogens is 2. The van der Waals surface area contributed by atoms with E-state index in [1.807, 2.05) is 20.8 Å². The molecule has 0 aliphatic rings. The van der Waals surface area contributed by atoms with E-state index in [9.17, 15) is 13.8 Å². The van der Waals surface area contributed by atoms with Gasteiger partial charge < -0.3 is 11.1 Å². The largest absolute Gasteiger partial charge is 0.383 e. The summed E-state index contributed by atoms with van der Waals surface area (Å²) in [5.41, 5.74) is 5.27. The molecule has 0 aliphatic heterocycles. The topological polar surface area (TPSA) is 99.1 Å². The molecule has 0 saturated carbocycles. The highest BCUT2D eigenvalue weighted by Crippen LogP contribution is 2.12. The van der Waals surface area contributed by atoms with Crippen molar-refractivity contribution in [3.63, 3.8) is 0 Å². The van der Waals surface area contributed by atoms with Crippen LogP contribution >= 0.6 is 0 Å². The van der Waals surface area contributed by atoms with Gasteiger partial charge in [0, 0.05) is 42.4 Å². The number of nitrogens with zero attached hydrogens (tertiary/aromatic N) is 2. The number of nitrogens with one attached hydrogen (secondary N) is 1. The van der Waals surface area contributed by atoms with Crippen molar-refractivity contribution in [2.24, 2.45) is 13.0 Å². The van der Waals surface area contributed by atoms with Crippen LogP contribution in [-0.2, 0) is 24.4 Å². The minimum absolute atomic E-state index is 0.125. The highest BCUT2D eigenvalue weighted by molar-refractivity contribution is 7.84. The van der Waals surface area contributed by atoms with Crippen LogP contribution < -0.4 is 22.3 Å². The first kappa shape index (κ1) is 17.5. The van der Waals surface area contributed by atoms with Gasteiger partial charge in [-0.1, -0.05) is 13.8 Å². The minimum Gasteiger partial charge on any atom is -0.383 e. The molecule has 2 unspecified atom stereocenters. The first-order valence-corrected chi connectivity index (χ1v) is 8.44. The van der Waals surface area contributed by atoms with E-state index < -0.39 is 22.0 Å². The number of hydrogen-bond donors (Lipinski definition) is 2. The summed E-state index contributed by atoms with van der Waals surface area (Å²) in [5.74, 6) is 0.350. The Morgan fingerprint density at radius 3 is 2.33 bits per heavy atom. The second-order valence-corrected chi connectivity index (χ2v) is 7.40. The summed E-state index contributed by atoms with van der Waals surface area (Å²) in [6.45, 7) is 6.53. The average molecular weight is 316 g/mol. The minimum atomic E-state index is -1.00. The molecule has 0 spiro atoms. The monoisotopic (exact) mass is 316 g/mol. The Kier molecular flexibility index (Phi) is 5.77. The molecule has 0 fully saturated rings. The number of nitrogen functional groups attached to an aromatic ring is 1. The Bertz CT molecular complexity index is 648. The van der Waals surface area contributed by atoms with Crippen LogP contribution in [-0.4, -0.2) is 31.4 Å². The van der Waals surface area contributed by atoms with Crippen LogP contribution in [0.3, 0.4) is 0 Å². The molecule has 0 aromatic carbocycles. The first-order chi connectivity index (χ1) is 9.66. The van der Waals surface area contributed by atoms with Gasteiger partial charge in [0.05, 0.1) is 0 Å². The molecule has 1 heterocycles. The fourth-order valence-corrected chi connectivity index (χ4v) is 2.17. The van der Waals surface area contributed by atoms with Gasteiger partial charge >= 0.3 is 5.69 Å². The van der Waals surface area contributed by atoms with E-state index in [4.69, 9.17) is 5.73 Å². The lowest BCUT2D eigenvalue weighted by atomic mass is 10.2. The number of anilines is 2. The third-order valence-electron chi connectivity index (χ3n) is 3.26. The zero-order valence-corrected chi connectivity index (χ0v) is 14.0. The van der Waals surface area contributed by atoms with Gasteiger partial charge in [0.25, 0.3) is 5.56 Å². The van der Waals surface area contributed by atoms with Crippen molar-refractivity contribution in [3.8, 4) is 0 Å². The summed E-state index contributed by atoms with van der Waals surface area (Å²) in [6, 6.07) is 0. The molecule has 120 valence electrons. The van der Waals surface area contributed by atoms with Crippen molar-refractivity contribution in [2.75, 3.05) is 23.9 Å². The van der Waals surface area contributed by atoms with E-state index in [0.29, 0.717) is 13.1 Å². The summed E-state index contributed by atoms with van der Waals surface area (Å²) >= 11 is 0. The summed E-state index contributed by atoms with van der Waals surface area (Å²) < 4.78 is 13.8. The van der Waals surface area contributed by atoms with Crippen LogP contribution in [0.2, 0.25) is 0 Å². The van der Waals surface area contributed by atoms with E-state index in [-0.39, 0.29) is 22.7 Å².